The molecule has 1 aliphatic rings. The Hall–Kier alpha value is -0.150. The number of carbonyl (C=O) groups excluding carboxylic acids is 1. The van der Waals surface area contributed by atoms with Gasteiger partial charge in [0.05, 0.1) is 0 Å². The molecule has 0 aromatic carbocycles. The third-order valence-corrected chi connectivity index (χ3v) is 4.89. The molecule has 2 atom stereocenters. The monoisotopic (exact) mass is 286 g/mol. The molecule has 0 radical (unpaired) electrons. The molecule has 82 valence electrons. The van der Waals surface area contributed by atoms with E-state index in [2.05, 4.69) is 22.9 Å². The van der Waals surface area contributed by atoms with Crippen LogP contribution in [0.2, 0.25) is 0 Å². The highest BCUT2D eigenvalue weighted by atomic mass is 79.9. The van der Waals surface area contributed by atoms with E-state index >= 15 is 0 Å². The predicted molar refractivity (Wildman–Crippen MR) is 67.5 cm³/mol. The largest absolute Gasteiger partial charge is 0.294 e. The van der Waals surface area contributed by atoms with Crippen molar-refractivity contribution in [1.82, 2.24) is 0 Å². The summed E-state index contributed by atoms with van der Waals surface area (Å²) >= 11 is 5.03. The molecule has 0 aliphatic heterocycles. The Morgan fingerprint density at radius 1 is 1.47 bits per heavy atom. The van der Waals surface area contributed by atoms with Gasteiger partial charge in [-0.15, -0.1) is 0 Å². The molecular formula is C12H15BrOS. The van der Waals surface area contributed by atoms with E-state index in [1.54, 1.807) is 11.3 Å². The Kier molecular flexibility index (Phi) is 3.62. The van der Waals surface area contributed by atoms with Gasteiger partial charge >= 0.3 is 0 Å². The summed E-state index contributed by atoms with van der Waals surface area (Å²) in [5.74, 6) is 1.32. The molecule has 0 spiro atoms. The van der Waals surface area contributed by atoms with Crippen LogP contribution in [0.25, 0.3) is 0 Å². The topological polar surface area (TPSA) is 17.1 Å². The Labute approximate surface area is 103 Å². The maximum Gasteiger partial charge on any atom is 0.167 e. The minimum atomic E-state index is 0.264. The smallest absolute Gasteiger partial charge is 0.167 e. The zero-order chi connectivity index (χ0) is 10.8. The first-order chi connectivity index (χ1) is 7.18. The van der Waals surface area contributed by atoms with E-state index in [1.165, 1.54) is 12.8 Å². The van der Waals surface area contributed by atoms with E-state index in [0.717, 1.165) is 22.9 Å². The summed E-state index contributed by atoms with van der Waals surface area (Å²) < 4.78 is 0.968. The lowest BCUT2D eigenvalue weighted by Crippen LogP contribution is -2.21. The van der Waals surface area contributed by atoms with Gasteiger partial charge in [0.15, 0.2) is 5.78 Å². The molecule has 15 heavy (non-hydrogen) atoms. The van der Waals surface area contributed by atoms with Crippen LogP contribution < -0.4 is 0 Å². The summed E-state index contributed by atoms with van der Waals surface area (Å²) in [6.45, 7) is 2.25. The van der Waals surface area contributed by atoms with E-state index in [0.29, 0.717) is 11.7 Å². The van der Waals surface area contributed by atoms with Gasteiger partial charge in [-0.2, -0.15) is 11.3 Å². The van der Waals surface area contributed by atoms with Gasteiger partial charge in [0.25, 0.3) is 0 Å². The van der Waals surface area contributed by atoms with Crippen LogP contribution in [0.15, 0.2) is 15.2 Å². The van der Waals surface area contributed by atoms with Crippen LogP contribution in [-0.2, 0) is 0 Å². The molecule has 1 nitrogen and oxygen atoms in total. The fraction of sp³-hybridized carbons (Fsp3) is 0.583. The SMILES string of the molecule is CC1CCCC(C(=O)c2cscc2Br)C1. The van der Waals surface area contributed by atoms with Crippen molar-refractivity contribution in [1.29, 1.82) is 0 Å². The van der Waals surface area contributed by atoms with Crippen molar-refractivity contribution in [2.24, 2.45) is 11.8 Å². The third-order valence-electron chi connectivity index (χ3n) is 3.19. The third kappa shape index (κ3) is 2.51. The lowest BCUT2D eigenvalue weighted by Gasteiger charge is -2.25. The average Bonchev–Trinajstić information content (AvgIpc) is 2.63. The van der Waals surface area contributed by atoms with E-state index < -0.39 is 0 Å². The van der Waals surface area contributed by atoms with Crippen LogP contribution in [-0.4, -0.2) is 5.78 Å². The molecule has 3 heteroatoms. The van der Waals surface area contributed by atoms with Crippen molar-refractivity contribution < 1.29 is 4.79 Å². The highest BCUT2D eigenvalue weighted by Crippen LogP contribution is 2.33. The Morgan fingerprint density at radius 3 is 2.87 bits per heavy atom. The molecule has 0 bridgehead atoms. The molecular weight excluding hydrogens is 272 g/mol. The number of halogens is 1. The van der Waals surface area contributed by atoms with Gasteiger partial charge in [-0.05, 0) is 34.7 Å². The molecule has 1 aromatic rings. The normalized spacial score (nSPS) is 26.5. The first kappa shape index (κ1) is 11.3. The van der Waals surface area contributed by atoms with E-state index in [1.807, 2.05) is 10.8 Å². The lowest BCUT2D eigenvalue weighted by atomic mass is 9.79. The van der Waals surface area contributed by atoms with Crippen LogP contribution >= 0.6 is 27.3 Å². The van der Waals surface area contributed by atoms with Crippen molar-refractivity contribution >= 4 is 33.0 Å². The van der Waals surface area contributed by atoms with Gasteiger partial charge in [-0.25, -0.2) is 0 Å². The number of ketones is 1. The van der Waals surface area contributed by atoms with Crippen molar-refractivity contribution in [3.8, 4) is 0 Å². The van der Waals surface area contributed by atoms with E-state index in [4.69, 9.17) is 0 Å². The van der Waals surface area contributed by atoms with Crippen molar-refractivity contribution in [2.45, 2.75) is 32.6 Å². The molecule has 1 aliphatic carbocycles. The second kappa shape index (κ2) is 4.79. The second-order valence-electron chi connectivity index (χ2n) is 4.47. The second-order valence-corrected chi connectivity index (χ2v) is 6.06. The Balaban J connectivity index is 2.11. The molecule has 1 heterocycles. The molecule has 0 amide bonds. The summed E-state index contributed by atoms with van der Waals surface area (Å²) in [4.78, 5) is 12.2. The Bertz CT molecular complexity index is 358. The minimum absolute atomic E-state index is 0.264. The molecule has 2 rings (SSSR count). The number of Topliss-reactive ketones (excluding diaryl/α,β-unsaturated/α-hetero) is 1. The number of rotatable bonds is 2. The summed E-state index contributed by atoms with van der Waals surface area (Å²) in [5, 5.41) is 3.95. The highest BCUT2D eigenvalue weighted by Gasteiger charge is 2.27. The van der Waals surface area contributed by atoms with Gasteiger partial charge in [0, 0.05) is 26.7 Å². The van der Waals surface area contributed by atoms with Gasteiger partial charge in [0.1, 0.15) is 0 Å². The Morgan fingerprint density at radius 2 is 2.27 bits per heavy atom. The van der Waals surface area contributed by atoms with E-state index in [9.17, 15) is 4.79 Å². The standard InChI is InChI=1S/C12H15BrOS/c1-8-3-2-4-9(5-8)12(14)10-6-15-7-11(10)13/h6-9H,2-5H2,1H3. The first-order valence-corrected chi connectivity index (χ1v) is 7.18. The number of thiophene rings is 1. The summed E-state index contributed by atoms with van der Waals surface area (Å²) in [6.07, 6.45) is 4.64. The zero-order valence-electron chi connectivity index (χ0n) is 8.83. The molecule has 1 saturated carbocycles. The average molecular weight is 287 g/mol. The van der Waals surface area contributed by atoms with Gasteiger partial charge in [-0.1, -0.05) is 19.8 Å². The summed E-state index contributed by atoms with van der Waals surface area (Å²) in [6, 6.07) is 0. The van der Waals surface area contributed by atoms with Gasteiger partial charge in [-0.3, -0.25) is 4.79 Å². The van der Waals surface area contributed by atoms with Gasteiger partial charge < -0.3 is 0 Å². The van der Waals surface area contributed by atoms with Crippen LogP contribution in [0.4, 0.5) is 0 Å². The highest BCUT2D eigenvalue weighted by molar-refractivity contribution is 9.10. The molecule has 0 N–H and O–H groups in total. The first-order valence-electron chi connectivity index (χ1n) is 5.44. The molecule has 2 unspecified atom stereocenters. The fourth-order valence-electron chi connectivity index (χ4n) is 2.35. The molecule has 1 fully saturated rings. The maximum atomic E-state index is 12.2. The van der Waals surface area contributed by atoms with Gasteiger partial charge in [0.2, 0.25) is 0 Å². The summed E-state index contributed by atoms with van der Waals surface area (Å²) in [5.41, 5.74) is 0.888. The number of hydrogen-bond donors (Lipinski definition) is 0. The van der Waals surface area contributed by atoms with Crippen LogP contribution in [0.3, 0.4) is 0 Å². The zero-order valence-corrected chi connectivity index (χ0v) is 11.2. The summed E-state index contributed by atoms with van der Waals surface area (Å²) in [7, 11) is 0. The van der Waals surface area contributed by atoms with Crippen molar-refractivity contribution in [2.75, 3.05) is 0 Å². The van der Waals surface area contributed by atoms with Crippen LogP contribution in [0.5, 0.6) is 0 Å². The van der Waals surface area contributed by atoms with E-state index in [-0.39, 0.29) is 5.92 Å². The fourth-order valence-corrected chi connectivity index (χ4v) is 3.83. The molecule has 0 saturated heterocycles. The van der Waals surface area contributed by atoms with Crippen molar-refractivity contribution in [3.05, 3.63) is 20.8 Å². The number of carbonyl (C=O) groups is 1. The lowest BCUT2D eigenvalue weighted by molar-refractivity contribution is 0.0868. The predicted octanol–water partition coefficient (Wildman–Crippen LogP) is 4.52. The minimum Gasteiger partial charge on any atom is -0.294 e. The van der Waals surface area contributed by atoms with Crippen molar-refractivity contribution in [3.63, 3.8) is 0 Å². The molecule has 1 aromatic heterocycles. The van der Waals surface area contributed by atoms with Crippen LogP contribution in [0.1, 0.15) is 43.0 Å². The number of hydrogen-bond acceptors (Lipinski definition) is 2. The van der Waals surface area contributed by atoms with Crippen LogP contribution in [0, 0.1) is 11.8 Å². The maximum absolute atomic E-state index is 12.2. The quantitative estimate of drug-likeness (QED) is 0.731.